The quantitative estimate of drug-likeness (QED) is 0.614. The van der Waals surface area contributed by atoms with Gasteiger partial charge in [-0.2, -0.15) is 0 Å². The Balaban J connectivity index is 1.81. The molecule has 0 N–H and O–H groups in total. The lowest BCUT2D eigenvalue weighted by Gasteiger charge is -2.31. The molecule has 0 spiro atoms. The van der Waals surface area contributed by atoms with Gasteiger partial charge in [-0.1, -0.05) is 54.1 Å². The molecule has 0 saturated carbocycles. The van der Waals surface area contributed by atoms with Gasteiger partial charge >= 0.3 is 0 Å². The molecule has 3 aromatic rings. The third-order valence-electron chi connectivity index (χ3n) is 4.20. The van der Waals surface area contributed by atoms with Crippen molar-refractivity contribution in [3.8, 4) is 0 Å². The van der Waals surface area contributed by atoms with E-state index < -0.39 is 0 Å². The Hall–Kier alpha value is -2.28. The molecule has 20 heavy (non-hydrogen) atoms. The number of benzene rings is 3. The molecule has 0 atom stereocenters. The Labute approximate surface area is 119 Å². The maximum Gasteiger partial charge on any atom is 0.0439 e. The van der Waals surface area contributed by atoms with Crippen molar-refractivity contribution in [2.45, 2.75) is 20.0 Å². The van der Waals surface area contributed by atoms with Gasteiger partial charge in [-0.25, -0.2) is 0 Å². The minimum absolute atomic E-state index is 0.997. The molecule has 0 fully saturated rings. The molecular weight excluding hydrogens is 242 g/mol. The Bertz CT molecular complexity index is 731. The first kappa shape index (κ1) is 11.5. The van der Waals surface area contributed by atoms with Gasteiger partial charge in [-0.15, -0.1) is 0 Å². The molecule has 0 saturated heterocycles. The molecule has 0 bridgehead atoms. The number of hydrogen-bond donors (Lipinski definition) is 0. The second-order valence-corrected chi connectivity index (χ2v) is 5.62. The van der Waals surface area contributed by atoms with E-state index in [1.54, 1.807) is 0 Å². The maximum absolute atomic E-state index is 2.45. The summed E-state index contributed by atoms with van der Waals surface area (Å²) in [6.07, 6.45) is 0. The highest BCUT2D eigenvalue weighted by Gasteiger charge is 2.18. The van der Waals surface area contributed by atoms with Gasteiger partial charge < -0.3 is 4.90 Å². The van der Waals surface area contributed by atoms with Crippen molar-refractivity contribution in [1.82, 2.24) is 0 Å². The van der Waals surface area contributed by atoms with Gasteiger partial charge in [-0.05, 0) is 41.0 Å². The molecule has 0 aromatic heterocycles. The van der Waals surface area contributed by atoms with Crippen molar-refractivity contribution in [2.75, 3.05) is 4.90 Å². The zero-order chi connectivity index (χ0) is 13.5. The van der Waals surface area contributed by atoms with Crippen molar-refractivity contribution in [3.63, 3.8) is 0 Å². The standard InChI is InChI=1S/C19H17N/c1-14-8-10-18(11-9-14)20-12-16-6-2-4-15-5-3-7-17(13-20)19(15)16/h2-11H,12-13H2,1H3. The summed E-state index contributed by atoms with van der Waals surface area (Å²) in [5, 5.41) is 2.82. The van der Waals surface area contributed by atoms with E-state index in [0.717, 1.165) is 13.1 Å². The summed E-state index contributed by atoms with van der Waals surface area (Å²) in [6, 6.07) is 22.1. The summed E-state index contributed by atoms with van der Waals surface area (Å²) < 4.78 is 0. The van der Waals surface area contributed by atoms with Gasteiger partial charge in [0.1, 0.15) is 0 Å². The molecule has 3 aromatic carbocycles. The zero-order valence-corrected chi connectivity index (χ0v) is 11.6. The molecule has 1 heterocycles. The highest BCUT2D eigenvalue weighted by molar-refractivity contribution is 5.90. The largest absolute Gasteiger partial charge is 0.363 e. The molecule has 4 rings (SSSR count). The fraction of sp³-hybridized carbons (Fsp3) is 0.158. The van der Waals surface area contributed by atoms with Crippen LogP contribution in [-0.2, 0) is 13.1 Å². The van der Waals surface area contributed by atoms with Gasteiger partial charge in [0.2, 0.25) is 0 Å². The van der Waals surface area contributed by atoms with E-state index in [2.05, 4.69) is 72.5 Å². The van der Waals surface area contributed by atoms with Gasteiger partial charge in [0.25, 0.3) is 0 Å². The van der Waals surface area contributed by atoms with Crippen LogP contribution >= 0.6 is 0 Å². The van der Waals surface area contributed by atoms with Crippen LogP contribution in [-0.4, -0.2) is 0 Å². The summed E-state index contributed by atoms with van der Waals surface area (Å²) >= 11 is 0. The average Bonchev–Trinajstić information content (AvgIpc) is 2.48. The van der Waals surface area contributed by atoms with Crippen LogP contribution in [0, 0.1) is 6.92 Å². The zero-order valence-electron chi connectivity index (χ0n) is 11.6. The van der Waals surface area contributed by atoms with Crippen LogP contribution in [0.1, 0.15) is 16.7 Å². The highest BCUT2D eigenvalue weighted by atomic mass is 15.1. The number of rotatable bonds is 1. The van der Waals surface area contributed by atoms with Crippen LogP contribution in [0.4, 0.5) is 5.69 Å². The minimum atomic E-state index is 0.997. The van der Waals surface area contributed by atoms with Crippen molar-refractivity contribution < 1.29 is 0 Å². The average molecular weight is 259 g/mol. The lowest BCUT2D eigenvalue weighted by molar-refractivity contribution is 0.788. The molecule has 1 heteroatoms. The molecule has 1 aliphatic heterocycles. The summed E-state index contributed by atoms with van der Waals surface area (Å²) in [5.41, 5.74) is 5.49. The summed E-state index contributed by atoms with van der Waals surface area (Å²) in [4.78, 5) is 2.45. The smallest absolute Gasteiger partial charge is 0.0439 e. The van der Waals surface area contributed by atoms with E-state index in [9.17, 15) is 0 Å². The summed E-state index contributed by atoms with van der Waals surface area (Å²) in [6.45, 7) is 4.13. The number of nitrogens with zero attached hydrogens (tertiary/aromatic N) is 1. The van der Waals surface area contributed by atoms with Crippen LogP contribution < -0.4 is 4.90 Å². The number of aryl methyl sites for hydroxylation is 1. The Morgan fingerprint density at radius 3 is 1.95 bits per heavy atom. The SMILES string of the molecule is Cc1ccc(N2Cc3cccc4cccc(c34)C2)cc1. The molecular formula is C19H17N. The van der Waals surface area contributed by atoms with Crippen LogP contribution in [0.5, 0.6) is 0 Å². The van der Waals surface area contributed by atoms with E-state index >= 15 is 0 Å². The normalized spacial score (nSPS) is 13.8. The van der Waals surface area contributed by atoms with E-state index in [-0.39, 0.29) is 0 Å². The number of anilines is 1. The molecule has 0 amide bonds. The van der Waals surface area contributed by atoms with Gasteiger partial charge in [0.15, 0.2) is 0 Å². The molecule has 1 nitrogen and oxygen atoms in total. The van der Waals surface area contributed by atoms with E-state index in [1.807, 2.05) is 0 Å². The van der Waals surface area contributed by atoms with Crippen molar-refractivity contribution in [2.24, 2.45) is 0 Å². The monoisotopic (exact) mass is 259 g/mol. The predicted molar refractivity (Wildman–Crippen MR) is 85.0 cm³/mol. The fourth-order valence-corrected chi connectivity index (χ4v) is 3.17. The summed E-state index contributed by atoms with van der Waals surface area (Å²) in [7, 11) is 0. The second-order valence-electron chi connectivity index (χ2n) is 5.62. The predicted octanol–water partition coefficient (Wildman–Crippen LogP) is 4.67. The lowest BCUT2D eigenvalue weighted by atomic mass is 9.95. The van der Waals surface area contributed by atoms with E-state index in [0.29, 0.717) is 0 Å². The van der Waals surface area contributed by atoms with Crippen LogP contribution in [0.3, 0.4) is 0 Å². The fourth-order valence-electron chi connectivity index (χ4n) is 3.17. The molecule has 0 aliphatic carbocycles. The van der Waals surface area contributed by atoms with Crippen LogP contribution in [0.15, 0.2) is 60.7 Å². The van der Waals surface area contributed by atoms with Gasteiger partial charge in [-0.3, -0.25) is 0 Å². The Morgan fingerprint density at radius 1 is 0.750 bits per heavy atom. The van der Waals surface area contributed by atoms with Crippen LogP contribution in [0.25, 0.3) is 10.8 Å². The van der Waals surface area contributed by atoms with Gasteiger partial charge in [0.05, 0.1) is 0 Å². The molecule has 98 valence electrons. The van der Waals surface area contributed by atoms with Crippen LogP contribution in [0.2, 0.25) is 0 Å². The molecule has 0 radical (unpaired) electrons. The maximum atomic E-state index is 2.45. The summed E-state index contributed by atoms with van der Waals surface area (Å²) in [5.74, 6) is 0. The molecule has 1 aliphatic rings. The Morgan fingerprint density at radius 2 is 1.35 bits per heavy atom. The third kappa shape index (κ3) is 1.78. The Kier molecular flexibility index (Phi) is 2.53. The highest BCUT2D eigenvalue weighted by Crippen LogP contribution is 2.32. The first-order chi connectivity index (χ1) is 9.81. The van der Waals surface area contributed by atoms with E-state index in [4.69, 9.17) is 0 Å². The first-order valence-corrected chi connectivity index (χ1v) is 7.12. The van der Waals surface area contributed by atoms with Crippen molar-refractivity contribution in [1.29, 1.82) is 0 Å². The molecule has 0 unspecified atom stereocenters. The first-order valence-electron chi connectivity index (χ1n) is 7.12. The second kappa shape index (κ2) is 4.38. The topological polar surface area (TPSA) is 3.24 Å². The third-order valence-corrected chi connectivity index (χ3v) is 4.20. The van der Waals surface area contributed by atoms with Gasteiger partial charge in [0, 0.05) is 18.8 Å². The lowest BCUT2D eigenvalue weighted by Crippen LogP contribution is -2.25. The number of hydrogen-bond acceptors (Lipinski definition) is 1. The van der Waals surface area contributed by atoms with Crippen molar-refractivity contribution in [3.05, 3.63) is 77.4 Å². The minimum Gasteiger partial charge on any atom is -0.363 e. The van der Waals surface area contributed by atoms with E-state index in [1.165, 1.54) is 33.2 Å². The van der Waals surface area contributed by atoms with Crippen molar-refractivity contribution >= 4 is 16.5 Å².